The van der Waals surface area contributed by atoms with Gasteiger partial charge >= 0.3 is 0 Å². The highest BCUT2D eigenvalue weighted by Gasteiger charge is 1.98. The number of hydrazine groups is 1. The van der Waals surface area contributed by atoms with E-state index in [1.165, 1.54) is 24.8 Å². The van der Waals surface area contributed by atoms with E-state index in [1.807, 2.05) is 24.3 Å². The minimum atomic E-state index is 0.713. The number of hydrogen-bond donors (Lipinski definition) is 1. The van der Waals surface area contributed by atoms with Gasteiger partial charge in [0.15, 0.2) is 0 Å². The summed E-state index contributed by atoms with van der Waals surface area (Å²) in [4.78, 5) is 0. The summed E-state index contributed by atoms with van der Waals surface area (Å²) in [7, 11) is 2.07. The normalized spacial score (nSPS) is 10.5. The maximum absolute atomic E-state index is 8.69. The van der Waals surface area contributed by atoms with Gasteiger partial charge < -0.3 is 0 Å². The molecule has 0 unspecified atom stereocenters. The molecule has 0 saturated carbocycles. The van der Waals surface area contributed by atoms with E-state index in [0.29, 0.717) is 5.56 Å². The number of hydrogen-bond acceptors (Lipinski definition) is 3. The van der Waals surface area contributed by atoms with Crippen molar-refractivity contribution in [1.82, 2.24) is 10.4 Å². The number of benzene rings is 1. The summed E-state index contributed by atoms with van der Waals surface area (Å²) in [5.41, 5.74) is 5.26. The fraction of sp³-hybridized carbons (Fsp3) is 0.500. The summed E-state index contributed by atoms with van der Waals surface area (Å²) < 4.78 is 0. The van der Waals surface area contributed by atoms with Crippen molar-refractivity contribution in [2.75, 3.05) is 13.6 Å². The van der Waals surface area contributed by atoms with Gasteiger partial charge in [0.05, 0.1) is 11.6 Å². The topological polar surface area (TPSA) is 39.1 Å². The first kappa shape index (κ1) is 13.7. The molecule has 1 aromatic rings. The number of nitrogens with zero attached hydrogens (tertiary/aromatic N) is 2. The molecule has 3 nitrogen and oxygen atoms in total. The van der Waals surface area contributed by atoms with Gasteiger partial charge in [-0.3, -0.25) is 5.43 Å². The predicted molar refractivity (Wildman–Crippen MR) is 70.2 cm³/mol. The zero-order valence-electron chi connectivity index (χ0n) is 10.7. The van der Waals surface area contributed by atoms with Gasteiger partial charge in [0.25, 0.3) is 0 Å². The van der Waals surface area contributed by atoms with Crippen LogP contribution in [-0.4, -0.2) is 18.6 Å². The van der Waals surface area contributed by atoms with Crippen LogP contribution in [0.4, 0.5) is 0 Å². The van der Waals surface area contributed by atoms with E-state index in [-0.39, 0.29) is 0 Å². The Balaban J connectivity index is 2.27. The van der Waals surface area contributed by atoms with E-state index in [9.17, 15) is 0 Å². The summed E-state index contributed by atoms with van der Waals surface area (Å²) in [5.74, 6) is 0. The Morgan fingerprint density at radius 2 is 1.94 bits per heavy atom. The fourth-order valence-corrected chi connectivity index (χ4v) is 1.60. The molecule has 0 aliphatic heterocycles. The molecule has 0 aliphatic carbocycles. The Morgan fingerprint density at radius 1 is 1.24 bits per heavy atom. The van der Waals surface area contributed by atoms with Crippen LogP contribution in [0, 0.1) is 11.3 Å². The van der Waals surface area contributed by atoms with Gasteiger partial charge in [0.1, 0.15) is 0 Å². The first-order valence-corrected chi connectivity index (χ1v) is 6.20. The molecule has 1 aromatic carbocycles. The maximum atomic E-state index is 8.69. The number of unbranched alkanes of at least 4 members (excludes halogenated alkanes) is 2. The molecule has 0 aliphatic rings. The second-order valence-electron chi connectivity index (χ2n) is 4.27. The molecule has 0 radical (unpaired) electrons. The van der Waals surface area contributed by atoms with E-state index in [4.69, 9.17) is 5.26 Å². The van der Waals surface area contributed by atoms with Gasteiger partial charge in [-0.1, -0.05) is 31.9 Å². The van der Waals surface area contributed by atoms with Crippen LogP contribution in [0.25, 0.3) is 0 Å². The molecule has 92 valence electrons. The summed E-state index contributed by atoms with van der Waals surface area (Å²) in [6.07, 6.45) is 3.76. The van der Waals surface area contributed by atoms with E-state index in [0.717, 1.165) is 13.1 Å². The average molecular weight is 231 g/mol. The molecule has 0 aromatic heterocycles. The van der Waals surface area contributed by atoms with Crippen molar-refractivity contribution >= 4 is 0 Å². The highest BCUT2D eigenvalue weighted by atomic mass is 15.5. The molecule has 0 atom stereocenters. The Bertz CT molecular complexity index is 351. The second kappa shape index (κ2) is 7.83. The minimum absolute atomic E-state index is 0.713. The molecular weight excluding hydrogens is 210 g/mol. The molecule has 3 heteroatoms. The maximum Gasteiger partial charge on any atom is 0.0991 e. The van der Waals surface area contributed by atoms with Gasteiger partial charge in [-0.15, -0.1) is 0 Å². The molecular formula is C14H21N3. The van der Waals surface area contributed by atoms with Gasteiger partial charge in [-0.25, -0.2) is 5.01 Å². The van der Waals surface area contributed by atoms with Crippen LogP contribution in [-0.2, 0) is 6.54 Å². The molecule has 0 spiro atoms. The quantitative estimate of drug-likeness (QED) is 0.579. The second-order valence-corrected chi connectivity index (χ2v) is 4.27. The van der Waals surface area contributed by atoms with Gasteiger partial charge in [-0.2, -0.15) is 5.26 Å². The van der Waals surface area contributed by atoms with E-state index in [2.05, 4.69) is 30.5 Å². The van der Waals surface area contributed by atoms with Crippen LogP contribution in [0.3, 0.4) is 0 Å². The van der Waals surface area contributed by atoms with Crippen LogP contribution in [0.15, 0.2) is 24.3 Å². The zero-order valence-corrected chi connectivity index (χ0v) is 10.7. The predicted octanol–water partition coefficient (Wildman–Crippen LogP) is 2.68. The number of nitrogens with one attached hydrogen (secondary N) is 1. The average Bonchev–Trinajstić information content (AvgIpc) is 2.37. The third-order valence-corrected chi connectivity index (χ3v) is 2.73. The highest BCUT2D eigenvalue weighted by Crippen LogP contribution is 2.03. The first-order valence-electron chi connectivity index (χ1n) is 6.20. The van der Waals surface area contributed by atoms with Crippen LogP contribution < -0.4 is 5.43 Å². The van der Waals surface area contributed by atoms with Gasteiger partial charge in [0.2, 0.25) is 0 Å². The molecule has 1 N–H and O–H groups in total. The van der Waals surface area contributed by atoms with E-state index >= 15 is 0 Å². The van der Waals surface area contributed by atoms with Gasteiger partial charge in [0, 0.05) is 20.1 Å². The smallest absolute Gasteiger partial charge is 0.0991 e. The van der Waals surface area contributed by atoms with Crippen molar-refractivity contribution in [3.8, 4) is 6.07 Å². The third kappa shape index (κ3) is 5.48. The van der Waals surface area contributed by atoms with Crippen LogP contribution in [0.1, 0.15) is 37.3 Å². The monoisotopic (exact) mass is 231 g/mol. The number of rotatable bonds is 7. The lowest BCUT2D eigenvalue weighted by Crippen LogP contribution is -2.34. The lowest BCUT2D eigenvalue weighted by atomic mass is 10.1. The Hall–Kier alpha value is -1.37. The van der Waals surface area contributed by atoms with Crippen LogP contribution in [0.5, 0.6) is 0 Å². The Morgan fingerprint density at radius 3 is 2.53 bits per heavy atom. The SMILES string of the molecule is CCCCCN(C)NCc1ccc(C#N)cc1. The first-order chi connectivity index (χ1) is 8.26. The summed E-state index contributed by atoms with van der Waals surface area (Å²) >= 11 is 0. The van der Waals surface area contributed by atoms with Crippen molar-refractivity contribution in [2.45, 2.75) is 32.7 Å². The lowest BCUT2D eigenvalue weighted by Gasteiger charge is -2.17. The minimum Gasteiger partial charge on any atom is -0.251 e. The zero-order chi connectivity index (χ0) is 12.5. The summed E-state index contributed by atoms with van der Waals surface area (Å²) in [5, 5.41) is 10.8. The molecule has 0 fully saturated rings. The van der Waals surface area contributed by atoms with Crippen molar-refractivity contribution in [3.63, 3.8) is 0 Å². The lowest BCUT2D eigenvalue weighted by molar-refractivity contribution is 0.226. The largest absolute Gasteiger partial charge is 0.251 e. The highest BCUT2D eigenvalue weighted by molar-refractivity contribution is 5.31. The van der Waals surface area contributed by atoms with Crippen molar-refractivity contribution in [1.29, 1.82) is 5.26 Å². The molecule has 0 saturated heterocycles. The van der Waals surface area contributed by atoms with E-state index in [1.54, 1.807) is 0 Å². The fourth-order valence-electron chi connectivity index (χ4n) is 1.60. The van der Waals surface area contributed by atoms with Crippen molar-refractivity contribution in [2.24, 2.45) is 0 Å². The molecule has 1 rings (SSSR count). The van der Waals surface area contributed by atoms with Crippen LogP contribution >= 0.6 is 0 Å². The summed E-state index contributed by atoms with van der Waals surface area (Å²) in [6, 6.07) is 9.82. The summed E-state index contributed by atoms with van der Waals surface area (Å²) in [6.45, 7) is 4.10. The molecule has 0 bridgehead atoms. The Kier molecular flexibility index (Phi) is 6.31. The molecule has 0 heterocycles. The standard InChI is InChI=1S/C14H21N3/c1-3-4-5-10-17(2)16-12-14-8-6-13(11-15)7-9-14/h6-9,16H,3-5,10,12H2,1-2H3. The van der Waals surface area contributed by atoms with Crippen LogP contribution in [0.2, 0.25) is 0 Å². The van der Waals surface area contributed by atoms with E-state index < -0.39 is 0 Å². The Labute approximate surface area is 104 Å². The molecule has 17 heavy (non-hydrogen) atoms. The van der Waals surface area contributed by atoms with Gasteiger partial charge in [-0.05, 0) is 24.1 Å². The van der Waals surface area contributed by atoms with Crippen molar-refractivity contribution < 1.29 is 0 Å². The van der Waals surface area contributed by atoms with Crippen molar-refractivity contribution in [3.05, 3.63) is 35.4 Å². The third-order valence-electron chi connectivity index (χ3n) is 2.73. The number of nitriles is 1. The molecule has 0 amide bonds.